The molecule has 0 unspecified atom stereocenters. The maximum absolute atomic E-state index is 13.0. The molecule has 122 valence electrons. The Hall–Kier alpha value is -2.48. The Kier molecular flexibility index (Phi) is 5.37. The van der Waals surface area contributed by atoms with Gasteiger partial charge in [-0.3, -0.25) is 4.98 Å². The summed E-state index contributed by atoms with van der Waals surface area (Å²) in [6, 6.07) is 19.2. The number of aryl methyl sites for hydroxylation is 1. The minimum Gasteiger partial charge on any atom is -0.256 e. The lowest BCUT2D eigenvalue weighted by Gasteiger charge is -2.06. The molecule has 0 aliphatic carbocycles. The SMILES string of the molecule is CCCCCc1ccc(-c2ccc(-c3ccc(F)cc3)nc2)cc1. The smallest absolute Gasteiger partial charge is 0.123 e. The Bertz CT molecular complexity index is 759. The van der Waals surface area contributed by atoms with Crippen molar-refractivity contribution in [1.29, 1.82) is 0 Å². The van der Waals surface area contributed by atoms with Crippen LogP contribution in [0.3, 0.4) is 0 Å². The predicted molar refractivity (Wildman–Crippen MR) is 98.3 cm³/mol. The van der Waals surface area contributed by atoms with Crippen molar-refractivity contribution in [3.05, 3.63) is 78.2 Å². The molecule has 0 N–H and O–H groups in total. The van der Waals surface area contributed by atoms with Crippen LogP contribution in [0.2, 0.25) is 0 Å². The van der Waals surface area contributed by atoms with Crippen molar-refractivity contribution < 1.29 is 4.39 Å². The maximum atomic E-state index is 13.0. The average Bonchev–Trinajstić information content (AvgIpc) is 2.63. The summed E-state index contributed by atoms with van der Waals surface area (Å²) in [5, 5.41) is 0. The summed E-state index contributed by atoms with van der Waals surface area (Å²) in [5.74, 6) is -0.227. The van der Waals surface area contributed by atoms with Crippen molar-refractivity contribution >= 4 is 0 Å². The molecule has 0 fully saturated rings. The van der Waals surface area contributed by atoms with Gasteiger partial charge in [0.2, 0.25) is 0 Å². The van der Waals surface area contributed by atoms with Crippen molar-refractivity contribution in [3.63, 3.8) is 0 Å². The van der Waals surface area contributed by atoms with Gasteiger partial charge in [-0.25, -0.2) is 4.39 Å². The molecule has 0 saturated heterocycles. The first-order valence-electron chi connectivity index (χ1n) is 8.57. The molecule has 1 nitrogen and oxygen atoms in total. The van der Waals surface area contributed by atoms with E-state index in [9.17, 15) is 4.39 Å². The van der Waals surface area contributed by atoms with Gasteiger partial charge in [-0.1, -0.05) is 50.1 Å². The number of hydrogen-bond donors (Lipinski definition) is 0. The van der Waals surface area contributed by atoms with E-state index in [1.807, 2.05) is 12.3 Å². The Morgan fingerprint density at radius 2 is 1.42 bits per heavy atom. The van der Waals surface area contributed by atoms with Gasteiger partial charge in [0.25, 0.3) is 0 Å². The lowest BCUT2D eigenvalue weighted by atomic mass is 10.0. The molecule has 2 heteroatoms. The van der Waals surface area contributed by atoms with E-state index < -0.39 is 0 Å². The van der Waals surface area contributed by atoms with Gasteiger partial charge in [0.1, 0.15) is 5.82 Å². The van der Waals surface area contributed by atoms with Crippen molar-refractivity contribution in [2.24, 2.45) is 0 Å². The molecule has 0 bridgehead atoms. The first-order valence-corrected chi connectivity index (χ1v) is 8.57. The van der Waals surface area contributed by atoms with Gasteiger partial charge >= 0.3 is 0 Å². The van der Waals surface area contributed by atoms with Crippen LogP contribution in [0, 0.1) is 5.82 Å². The predicted octanol–water partition coefficient (Wildman–Crippen LogP) is 6.29. The zero-order chi connectivity index (χ0) is 16.8. The second-order valence-corrected chi connectivity index (χ2v) is 6.09. The molecule has 0 radical (unpaired) electrons. The molecule has 0 amide bonds. The Balaban J connectivity index is 1.72. The number of unbranched alkanes of at least 4 members (excludes halogenated alkanes) is 2. The second-order valence-electron chi connectivity index (χ2n) is 6.09. The molecule has 0 spiro atoms. The Morgan fingerprint density at radius 3 is 2.04 bits per heavy atom. The molecule has 0 atom stereocenters. The topological polar surface area (TPSA) is 12.9 Å². The summed E-state index contributed by atoms with van der Waals surface area (Å²) in [6.07, 6.45) is 6.82. The maximum Gasteiger partial charge on any atom is 0.123 e. The lowest BCUT2D eigenvalue weighted by molar-refractivity contribution is 0.628. The highest BCUT2D eigenvalue weighted by Crippen LogP contribution is 2.23. The highest BCUT2D eigenvalue weighted by molar-refractivity contribution is 5.66. The molecule has 1 aromatic heterocycles. The summed E-state index contributed by atoms with van der Waals surface area (Å²) < 4.78 is 13.0. The number of aromatic nitrogens is 1. The fourth-order valence-electron chi connectivity index (χ4n) is 2.80. The number of hydrogen-bond acceptors (Lipinski definition) is 1. The number of rotatable bonds is 6. The summed E-state index contributed by atoms with van der Waals surface area (Å²) in [6.45, 7) is 2.23. The highest BCUT2D eigenvalue weighted by Gasteiger charge is 2.02. The zero-order valence-corrected chi connectivity index (χ0v) is 14.0. The molecule has 2 aromatic carbocycles. The number of nitrogens with zero attached hydrogens (tertiary/aromatic N) is 1. The summed E-state index contributed by atoms with van der Waals surface area (Å²) in [7, 11) is 0. The van der Waals surface area contributed by atoms with Gasteiger partial charge in [0.15, 0.2) is 0 Å². The van der Waals surface area contributed by atoms with Crippen LogP contribution in [-0.4, -0.2) is 4.98 Å². The minimum atomic E-state index is -0.227. The number of halogens is 1. The highest BCUT2D eigenvalue weighted by atomic mass is 19.1. The van der Waals surface area contributed by atoms with E-state index >= 15 is 0 Å². The van der Waals surface area contributed by atoms with Gasteiger partial charge in [-0.2, -0.15) is 0 Å². The van der Waals surface area contributed by atoms with Crippen molar-refractivity contribution in [3.8, 4) is 22.4 Å². The first kappa shape index (κ1) is 16.4. The standard InChI is InChI=1S/C22H22FN/c1-2-3-4-5-17-6-8-18(9-7-17)20-12-15-22(24-16-20)19-10-13-21(23)14-11-19/h6-16H,2-5H2,1H3. The molecule has 3 aromatic rings. The summed E-state index contributed by atoms with van der Waals surface area (Å²) in [5.41, 5.74) is 5.45. The monoisotopic (exact) mass is 319 g/mol. The largest absolute Gasteiger partial charge is 0.256 e. The van der Waals surface area contributed by atoms with Gasteiger partial charge in [0, 0.05) is 17.3 Å². The third-order valence-electron chi connectivity index (χ3n) is 4.26. The van der Waals surface area contributed by atoms with E-state index in [1.165, 1.54) is 42.5 Å². The van der Waals surface area contributed by atoms with Gasteiger partial charge in [0.05, 0.1) is 5.69 Å². The van der Waals surface area contributed by atoms with Crippen LogP contribution in [0.25, 0.3) is 22.4 Å². The normalized spacial score (nSPS) is 10.8. The van der Waals surface area contributed by atoms with Gasteiger partial charge < -0.3 is 0 Å². The van der Waals surface area contributed by atoms with E-state index in [0.29, 0.717) is 0 Å². The van der Waals surface area contributed by atoms with E-state index in [1.54, 1.807) is 12.1 Å². The van der Waals surface area contributed by atoms with Crippen LogP contribution < -0.4 is 0 Å². The number of benzene rings is 2. The third kappa shape index (κ3) is 4.08. The second kappa shape index (κ2) is 7.87. The molecular weight excluding hydrogens is 297 g/mol. The Labute approximate surface area is 143 Å². The zero-order valence-electron chi connectivity index (χ0n) is 14.0. The fraction of sp³-hybridized carbons (Fsp3) is 0.227. The molecular formula is C22H22FN. The van der Waals surface area contributed by atoms with E-state index in [-0.39, 0.29) is 5.82 Å². The summed E-state index contributed by atoms with van der Waals surface area (Å²) >= 11 is 0. The molecule has 24 heavy (non-hydrogen) atoms. The molecule has 1 heterocycles. The number of pyridine rings is 1. The third-order valence-corrected chi connectivity index (χ3v) is 4.26. The fourth-order valence-corrected chi connectivity index (χ4v) is 2.80. The average molecular weight is 319 g/mol. The van der Waals surface area contributed by atoms with Crippen molar-refractivity contribution in [2.75, 3.05) is 0 Å². The van der Waals surface area contributed by atoms with Crippen LogP contribution >= 0.6 is 0 Å². The Morgan fingerprint density at radius 1 is 0.750 bits per heavy atom. The minimum absolute atomic E-state index is 0.227. The van der Waals surface area contributed by atoms with Crippen LogP contribution in [0.5, 0.6) is 0 Å². The molecule has 0 aliphatic rings. The van der Waals surface area contributed by atoms with Crippen LogP contribution in [0.15, 0.2) is 66.9 Å². The van der Waals surface area contributed by atoms with Crippen LogP contribution in [-0.2, 0) is 6.42 Å². The summed E-state index contributed by atoms with van der Waals surface area (Å²) in [4.78, 5) is 4.52. The first-order chi connectivity index (χ1) is 11.8. The van der Waals surface area contributed by atoms with Gasteiger partial charge in [-0.15, -0.1) is 0 Å². The van der Waals surface area contributed by atoms with E-state index in [4.69, 9.17) is 0 Å². The van der Waals surface area contributed by atoms with Crippen LogP contribution in [0.4, 0.5) is 4.39 Å². The quantitative estimate of drug-likeness (QED) is 0.487. The molecule has 0 aliphatic heterocycles. The van der Waals surface area contributed by atoms with E-state index in [2.05, 4.69) is 42.2 Å². The van der Waals surface area contributed by atoms with Crippen molar-refractivity contribution in [2.45, 2.75) is 32.6 Å². The van der Waals surface area contributed by atoms with Crippen LogP contribution in [0.1, 0.15) is 31.7 Å². The van der Waals surface area contributed by atoms with Gasteiger partial charge in [-0.05, 0) is 54.3 Å². The lowest BCUT2D eigenvalue weighted by Crippen LogP contribution is -1.88. The van der Waals surface area contributed by atoms with E-state index in [0.717, 1.165) is 23.2 Å². The molecule has 0 saturated carbocycles. The molecule has 3 rings (SSSR count). The van der Waals surface area contributed by atoms with Crippen molar-refractivity contribution in [1.82, 2.24) is 4.98 Å².